The SMILES string of the molecule is Cc1ccc(NC(=S)NC(C)c2cc(C)ccc2C)nc1. The van der Waals surface area contributed by atoms with Gasteiger partial charge in [0, 0.05) is 6.20 Å². The van der Waals surface area contributed by atoms with E-state index in [0.29, 0.717) is 5.11 Å². The molecule has 0 bridgehead atoms. The van der Waals surface area contributed by atoms with Crippen molar-refractivity contribution in [3.63, 3.8) is 0 Å². The maximum absolute atomic E-state index is 5.36. The molecule has 2 aromatic rings. The first kappa shape index (κ1) is 15.4. The van der Waals surface area contributed by atoms with Gasteiger partial charge in [-0.15, -0.1) is 0 Å². The van der Waals surface area contributed by atoms with Crippen LogP contribution in [0.3, 0.4) is 0 Å². The van der Waals surface area contributed by atoms with E-state index in [2.05, 4.69) is 54.6 Å². The minimum Gasteiger partial charge on any atom is -0.356 e. The Hall–Kier alpha value is -1.94. The molecule has 0 saturated carbocycles. The van der Waals surface area contributed by atoms with Gasteiger partial charge in [-0.3, -0.25) is 0 Å². The number of rotatable bonds is 3. The third-order valence-electron chi connectivity index (χ3n) is 3.40. The Labute approximate surface area is 131 Å². The third-order valence-corrected chi connectivity index (χ3v) is 3.62. The van der Waals surface area contributed by atoms with Crippen molar-refractivity contribution in [2.45, 2.75) is 33.7 Å². The topological polar surface area (TPSA) is 37.0 Å². The van der Waals surface area contributed by atoms with Crippen molar-refractivity contribution in [3.8, 4) is 0 Å². The second kappa shape index (κ2) is 6.68. The molecule has 1 unspecified atom stereocenters. The van der Waals surface area contributed by atoms with Crippen molar-refractivity contribution >= 4 is 23.1 Å². The molecule has 1 atom stereocenters. The first-order valence-electron chi connectivity index (χ1n) is 7.03. The molecule has 4 heteroatoms. The molecule has 0 spiro atoms. The molecule has 110 valence electrons. The summed E-state index contributed by atoms with van der Waals surface area (Å²) < 4.78 is 0. The van der Waals surface area contributed by atoms with E-state index in [4.69, 9.17) is 12.2 Å². The number of nitrogens with zero attached hydrogens (tertiary/aromatic N) is 1. The van der Waals surface area contributed by atoms with Gasteiger partial charge in [-0.1, -0.05) is 29.8 Å². The molecule has 3 nitrogen and oxygen atoms in total. The molecular weight excluding hydrogens is 278 g/mol. The van der Waals surface area contributed by atoms with Crippen LogP contribution < -0.4 is 10.6 Å². The number of pyridine rings is 1. The van der Waals surface area contributed by atoms with E-state index in [-0.39, 0.29) is 6.04 Å². The van der Waals surface area contributed by atoms with Gasteiger partial charge in [-0.25, -0.2) is 4.98 Å². The van der Waals surface area contributed by atoms with E-state index < -0.39 is 0 Å². The van der Waals surface area contributed by atoms with Gasteiger partial charge in [-0.05, 0) is 62.7 Å². The largest absolute Gasteiger partial charge is 0.356 e. The second-order valence-electron chi connectivity index (χ2n) is 5.40. The quantitative estimate of drug-likeness (QED) is 0.838. The lowest BCUT2D eigenvalue weighted by Crippen LogP contribution is -2.31. The minimum absolute atomic E-state index is 0.148. The van der Waals surface area contributed by atoms with E-state index in [1.54, 1.807) is 0 Å². The maximum atomic E-state index is 5.36. The number of aromatic nitrogens is 1. The summed E-state index contributed by atoms with van der Waals surface area (Å²) in [6.07, 6.45) is 1.82. The second-order valence-corrected chi connectivity index (χ2v) is 5.81. The standard InChI is InChI=1S/C17H21N3S/c1-11-5-7-13(3)15(9-11)14(4)19-17(21)20-16-8-6-12(2)10-18-16/h5-10,14H,1-4H3,(H2,18,19,20,21). The maximum Gasteiger partial charge on any atom is 0.172 e. The van der Waals surface area contributed by atoms with Gasteiger partial charge in [0.15, 0.2) is 5.11 Å². The summed E-state index contributed by atoms with van der Waals surface area (Å²) in [6.45, 7) is 8.33. The number of aryl methyl sites for hydroxylation is 3. The van der Waals surface area contributed by atoms with Crippen molar-refractivity contribution in [2.24, 2.45) is 0 Å². The summed E-state index contributed by atoms with van der Waals surface area (Å²) in [5, 5.41) is 7.00. The van der Waals surface area contributed by atoms with Crippen LogP contribution >= 0.6 is 12.2 Å². The Balaban J connectivity index is 2.01. The minimum atomic E-state index is 0.148. The fraction of sp³-hybridized carbons (Fsp3) is 0.294. The summed E-state index contributed by atoms with van der Waals surface area (Å²) in [4.78, 5) is 4.29. The molecule has 0 radical (unpaired) electrons. The van der Waals surface area contributed by atoms with E-state index in [9.17, 15) is 0 Å². The third kappa shape index (κ3) is 4.26. The zero-order valence-electron chi connectivity index (χ0n) is 12.9. The van der Waals surface area contributed by atoms with Crippen molar-refractivity contribution in [1.82, 2.24) is 10.3 Å². The molecule has 0 fully saturated rings. The molecule has 0 saturated heterocycles. The van der Waals surface area contributed by atoms with E-state index in [0.717, 1.165) is 11.4 Å². The lowest BCUT2D eigenvalue weighted by Gasteiger charge is -2.19. The van der Waals surface area contributed by atoms with Gasteiger partial charge in [-0.2, -0.15) is 0 Å². The van der Waals surface area contributed by atoms with Gasteiger partial charge in [0.05, 0.1) is 6.04 Å². The normalized spacial score (nSPS) is 11.8. The van der Waals surface area contributed by atoms with Gasteiger partial charge in [0.2, 0.25) is 0 Å². The van der Waals surface area contributed by atoms with Crippen molar-refractivity contribution in [1.29, 1.82) is 0 Å². The van der Waals surface area contributed by atoms with Crippen molar-refractivity contribution in [3.05, 3.63) is 58.8 Å². The Morgan fingerprint density at radius 2 is 1.81 bits per heavy atom. The van der Waals surface area contributed by atoms with Crippen LogP contribution in [0.1, 0.15) is 35.2 Å². The predicted molar refractivity (Wildman–Crippen MR) is 92.7 cm³/mol. The lowest BCUT2D eigenvalue weighted by molar-refractivity contribution is 0.716. The highest BCUT2D eigenvalue weighted by Gasteiger charge is 2.10. The monoisotopic (exact) mass is 299 g/mol. The number of thiocarbonyl (C=S) groups is 1. The molecule has 0 amide bonds. The number of nitrogens with one attached hydrogen (secondary N) is 2. The number of hydrogen-bond donors (Lipinski definition) is 2. The molecule has 1 heterocycles. The van der Waals surface area contributed by atoms with Crippen LogP contribution in [-0.4, -0.2) is 10.1 Å². The zero-order valence-corrected chi connectivity index (χ0v) is 13.7. The highest BCUT2D eigenvalue weighted by atomic mass is 32.1. The average molecular weight is 299 g/mol. The average Bonchev–Trinajstić information content (AvgIpc) is 2.44. The van der Waals surface area contributed by atoms with Crippen LogP contribution in [0.5, 0.6) is 0 Å². The molecule has 0 aliphatic rings. The van der Waals surface area contributed by atoms with Crippen LogP contribution in [0.15, 0.2) is 36.5 Å². The van der Waals surface area contributed by atoms with E-state index in [1.165, 1.54) is 16.7 Å². The highest BCUT2D eigenvalue weighted by molar-refractivity contribution is 7.80. The van der Waals surface area contributed by atoms with E-state index >= 15 is 0 Å². The first-order chi connectivity index (χ1) is 9.95. The molecule has 2 N–H and O–H groups in total. The van der Waals surface area contributed by atoms with Crippen LogP contribution in [0, 0.1) is 20.8 Å². The summed E-state index contributed by atoms with van der Waals surface area (Å²) in [7, 11) is 0. The molecule has 1 aromatic heterocycles. The van der Waals surface area contributed by atoms with Crippen LogP contribution in [-0.2, 0) is 0 Å². The molecule has 0 aliphatic heterocycles. The molecule has 2 rings (SSSR count). The van der Waals surface area contributed by atoms with Crippen LogP contribution in [0.2, 0.25) is 0 Å². The summed E-state index contributed by atoms with van der Waals surface area (Å²) in [5.74, 6) is 0.756. The van der Waals surface area contributed by atoms with Crippen molar-refractivity contribution < 1.29 is 0 Å². The van der Waals surface area contributed by atoms with Crippen LogP contribution in [0.4, 0.5) is 5.82 Å². The van der Waals surface area contributed by atoms with Crippen LogP contribution in [0.25, 0.3) is 0 Å². The first-order valence-corrected chi connectivity index (χ1v) is 7.44. The Morgan fingerprint density at radius 1 is 1.10 bits per heavy atom. The Kier molecular flexibility index (Phi) is 4.91. The number of benzene rings is 1. The highest BCUT2D eigenvalue weighted by Crippen LogP contribution is 2.19. The fourth-order valence-electron chi connectivity index (χ4n) is 2.19. The predicted octanol–water partition coefficient (Wildman–Crippen LogP) is 4.05. The molecule has 0 aliphatic carbocycles. The number of anilines is 1. The fourth-order valence-corrected chi connectivity index (χ4v) is 2.48. The van der Waals surface area contributed by atoms with Gasteiger partial charge in [0.1, 0.15) is 5.82 Å². The molecule has 21 heavy (non-hydrogen) atoms. The zero-order chi connectivity index (χ0) is 15.4. The number of hydrogen-bond acceptors (Lipinski definition) is 2. The summed E-state index contributed by atoms with van der Waals surface area (Å²) in [6, 6.07) is 10.5. The molecular formula is C17H21N3S. The van der Waals surface area contributed by atoms with Gasteiger partial charge >= 0.3 is 0 Å². The smallest absolute Gasteiger partial charge is 0.172 e. The van der Waals surface area contributed by atoms with E-state index in [1.807, 2.05) is 25.3 Å². The summed E-state index contributed by atoms with van der Waals surface area (Å²) >= 11 is 5.36. The summed E-state index contributed by atoms with van der Waals surface area (Å²) in [5.41, 5.74) is 4.90. The molecule has 1 aromatic carbocycles. The van der Waals surface area contributed by atoms with Crippen molar-refractivity contribution in [2.75, 3.05) is 5.32 Å². The van der Waals surface area contributed by atoms with Gasteiger partial charge in [0.25, 0.3) is 0 Å². The van der Waals surface area contributed by atoms with Gasteiger partial charge < -0.3 is 10.6 Å². The Bertz CT molecular complexity index is 635. The Morgan fingerprint density at radius 3 is 2.48 bits per heavy atom. The lowest BCUT2D eigenvalue weighted by atomic mass is 10.0.